The van der Waals surface area contributed by atoms with Gasteiger partial charge in [0.25, 0.3) is 0 Å². The summed E-state index contributed by atoms with van der Waals surface area (Å²) >= 11 is 0. The van der Waals surface area contributed by atoms with Crippen LogP contribution in [-0.4, -0.2) is 34.5 Å². The maximum Gasteiger partial charge on any atom is 0.130 e. The van der Waals surface area contributed by atoms with Crippen molar-refractivity contribution in [3.8, 4) is 0 Å². The van der Waals surface area contributed by atoms with E-state index in [0.29, 0.717) is 0 Å². The van der Waals surface area contributed by atoms with E-state index < -0.39 is 0 Å². The first kappa shape index (κ1) is 13.0. The lowest BCUT2D eigenvalue weighted by atomic mass is 10.1. The fourth-order valence-electron chi connectivity index (χ4n) is 2.85. The smallest absolute Gasteiger partial charge is 0.130 e. The third-order valence-corrected chi connectivity index (χ3v) is 4.28. The molecule has 0 radical (unpaired) electrons. The van der Waals surface area contributed by atoms with Crippen LogP contribution in [0.2, 0.25) is 0 Å². The van der Waals surface area contributed by atoms with Gasteiger partial charge in [0.2, 0.25) is 0 Å². The molecule has 19 heavy (non-hydrogen) atoms. The van der Waals surface area contributed by atoms with Crippen LogP contribution in [0.4, 0.5) is 0 Å². The van der Waals surface area contributed by atoms with E-state index in [1.165, 1.54) is 29.8 Å². The maximum absolute atomic E-state index is 4.87. The van der Waals surface area contributed by atoms with E-state index in [-0.39, 0.29) is 0 Å². The van der Waals surface area contributed by atoms with Crippen LogP contribution >= 0.6 is 0 Å². The second-order valence-corrected chi connectivity index (χ2v) is 5.61. The first-order valence-corrected chi connectivity index (χ1v) is 7.63. The van der Waals surface area contributed by atoms with Gasteiger partial charge in [-0.05, 0) is 25.9 Å². The molecule has 0 unspecified atom stereocenters. The van der Waals surface area contributed by atoms with Crippen LogP contribution in [0.1, 0.15) is 55.4 Å². The van der Waals surface area contributed by atoms with Crippen LogP contribution in [-0.2, 0) is 19.5 Å². The Hall–Kier alpha value is -1.00. The number of aromatic nitrogens is 2. The van der Waals surface area contributed by atoms with E-state index in [4.69, 9.17) is 9.97 Å². The summed E-state index contributed by atoms with van der Waals surface area (Å²) in [6, 6.07) is 0. The second kappa shape index (κ2) is 5.55. The molecule has 0 spiro atoms. The Morgan fingerprint density at radius 1 is 1.16 bits per heavy atom. The van der Waals surface area contributed by atoms with Crippen LogP contribution in [0.15, 0.2) is 0 Å². The van der Waals surface area contributed by atoms with Gasteiger partial charge in [0.05, 0.1) is 11.4 Å². The minimum absolute atomic E-state index is 0.726. The van der Waals surface area contributed by atoms with Gasteiger partial charge in [0, 0.05) is 37.5 Å². The Bertz CT molecular complexity index is 450. The predicted octanol–water partition coefficient (Wildman–Crippen LogP) is 1.84. The predicted molar refractivity (Wildman–Crippen MR) is 76.0 cm³/mol. The number of hydrogen-bond donors (Lipinski definition) is 1. The van der Waals surface area contributed by atoms with Crippen LogP contribution in [0.5, 0.6) is 0 Å². The first-order valence-electron chi connectivity index (χ1n) is 7.63. The molecule has 2 aliphatic rings. The summed E-state index contributed by atoms with van der Waals surface area (Å²) in [7, 11) is 0. The summed E-state index contributed by atoms with van der Waals surface area (Å²) in [5.74, 6) is 1.78. The number of rotatable bonds is 6. The van der Waals surface area contributed by atoms with Gasteiger partial charge in [0.15, 0.2) is 0 Å². The van der Waals surface area contributed by atoms with E-state index in [9.17, 15) is 0 Å². The zero-order valence-electron chi connectivity index (χ0n) is 12.1. The first-order chi connectivity index (χ1) is 9.31. The minimum Gasteiger partial charge on any atom is -0.307 e. The number of likely N-dealkylation sites (N-methyl/N-ethyl adjacent to an activating group) is 1. The van der Waals surface area contributed by atoms with Crippen molar-refractivity contribution < 1.29 is 0 Å². The molecule has 0 saturated heterocycles. The third-order valence-electron chi connectivity index (χ3n) is 4.28. The molecule has 4 heteroatoms. The van der Waals surface area contributed by atoms with Gasteiger partial charge in [-0.15, -0.1) is 0 Å². The lowest BCUT2D eigenvalue weighted by Crippen LogP contribution is -2.26. The lowest BCUT2D eigenvalue weighted by Gasteiger charge is -2.17. The van der Waals surface area contributed by atoms with E-state index in [1.807, 2.05) is 0 Å². The molecule has 1 aliphatic carbocycles. The summed E-state index contributed by atoms with van der Waals surface area (Å²) in [6.07, 6.45) is 3.62. The topological polar surface area (TPSA) is 41.1 Å². The Kier molecular flexibility index (Phi) is 3.80. The number of nitrogens with one attached hydrogen (secondary N) is 1. The highest BCUT2D eigenvalue weighted by atomic mass is 15.1. The van der Waals surface area contributed by atoms with E-state index in [2.05, 4.69) is 24.1 Å². The SMILES string of the molecule is CCN(CC)CCc1nc2c(c(C3CC3)n1)CNC2. The van der Waals surface area contributed by atoms with Gasteiger partial charge >= 0.3 is 0 Å². The van der Waals surface area contributed by atoms with Crippen molar-refractivity contribution in [1.29, 1.82) is 0 Å². The average molecular weight is 260 g/mol. The van der Waals surface area contributed by atoms with E-state index in [0.717, 1.165) is 50.9 Å². The molecule has 1 aromatic heterocycles. The summed E-state index contributed by atoms with van der Waals surface area (Å²) < 4.78 is 0. The quantitative estimate of drug-likeness (QED) is 0.847. The summed E-state index contributed by atoms with van der Waals surface area (Å²) in [6.45, 7) is 9.62. The molecule has 0 amide bonds. The van der Waals surface area contributed by atoms with Crippen LogP contribution < -0.4 is 5.32 Å². The largest absolute Gasteiger partial charge is 0.307 e. The molecule has 1 fully saturated rings. The molecule has 1 aromatic rings. The Labute approximate surface area is 115 Å². The normalized spacial score (nSPS) is 18.1. The van der Waals surface area contributed by atoms with Crippen molar-refractivity contribution in [1.82, 2.24) is 20.2 Å². The van der Waals surface area contributed by atoms with E-state index in [1.54, 1.807) is 0 Å². The fourth-order valence-corrected chi connectivity index (χ4v) is 2.85. The molecular weight excluding hydrogens is 236 g/mol. The molecule has 1 aliphatic heterocycles. The molecule has 1 saturated carbocycles. The highest BCUT2D eigenvalue weighted by Gasteiger charge is 2.31. The Morgan fingerprint density at radius 3 is 2.63 bits per heavy atom. The average Bonchev–Trinajstić information content (AvgIpc) is 3.17. The van der Waals surface area contributed by atoms with Gasteiger partial charge in [0.1, 0.15) is 5.82 Å². The number of hydrogen-bond acceptors (Lipinski definition) is 4. The zero-order chi connectivity index (χ0) is 13.2. The second-order valence-electron chi connectivity index (χ2n) is 5.61. The number of fused-ring (bicyclic) bond motifs is 1. The molecule has 0 atom stereocenters. The third kappa shape index (κ3) is 2.79. The highest BCUT2D eigenvalue weighted by Crippen LogP contribution is 2.41. The van der Waals surface area contributed by atoms with Gasteiger partial charge in [-0.3, -0.25) is 0 Å². The standard InChI is InChI=1S/C15H24N4/c1-3-19(4-2)8-7-14-17-13-10-16-9-12(13)15(18-14)11-5-6-11/h11,16H,3-10H2,1-2H3. The van der Waals surface area contributed by atoms with Gasteiger partial charge in [-0.1, -0.05) is 13.8 Å². The summed E-state index contributed by atoms with van der Waals surface area (Å²) in [4.78, 5) is 12.1. The maximum atomic E-state index is 4.87. The van der Waals surface area contributed by atoms with Gasteiger partial charge < -0.3 is 10.2 Å². The van der Waals surface area contributed by atoms with Crippen molar-refractivity contribution in [2.24, 2.45) is 0 Å². The van der Waals surface area contributed by atoms with Crippen molar-refractivity contribution in [2.45, 2.75) is 52.1 Å². The zero-order valence-corrected chi connectivity index (χ0v) is 12.1. The van der Waals surface area contributed by atoms with Crippen molar-refractivity contribution in [2.75, 3.05) is 19.6 Å². The lowest BCUT2D eigenvalue weighted by molar-refractivity contribution is 0.305. The molecule has 0 aromatic carbocycles. The number of nitrogens with zero attached hydrogens (tertiary/aromatic N) is 3. The minimum atomic E-state index is 0.726. The molecule has 4 nitrogen and oxygen atoms in total. The van der Waals surface area contributed by atoms with Gasteiger partial charge in [-0.2, -0.15) is 0 Å². The molecule has 1 N–H and O–H groups in total. The molecule has 104 valence electrons. The van der Waals surface area contributed by atoms with Crippen LogP contribution in [0.25, 0.3) is 0 Å². The van der Waals surface area contributed by atoms with Crippen molar-refractivity contribution in [3.63, 3.8) is 0 Å². The Balaban J connectivity index is 1.76. The van der Waals surface area contributed by atoms with Crippen LogP contribution in [0, 0.1) is 0 Å². The van der Waals surface area contributed by atoms with Crippen molar-refractivity contribution >= 4 is 0 Å². The van der Waals surface area contributed by atoms with Crippen LogP contribution in [0.3, 0.4) is 0 Å². The summed E-state index contributed by atoms with van der Waals surface area (Å²) in [5, 5.41) is 3.41. The molecule has 2 heterocycles. The fraction of sp³-hybridized carbons (Fsp3) is 0.733. The monoisotopic (exact) mass is 260 g/mol. The Morgan fingerprint density at radius 2 is 1.95 bits per heavy atom. The summed E-state index contributed by atoms with van der Waals surface area (Å²) in [5.41, 5.74) is 4.00. The molecule has 0 bridgehead atoms. The van der Waals surface area contributed by atoms with Gasteiger partial charge in [-0.25, -0.2) is 9.97 Å². The highest BCUT2D eigenvalue weighted by molar-refractivity contribution is 5.33. The van der Waals surface area contributed by atoms with E-state index >= 15 is 0 Å². The molecule has 3 rings (SSSR count). The molecular formula is C15H24N4. The van der Waals surface area contributed by atoms with Crippen molar-refractivity contribution in [3.05, 3.63) is 22.8 Å².